The van der Waals surface area contributed by atoms with Crippen LogP contribution < -0.4 is 4.90 Å². The van der Waals surface area contributed by atoms with Crippen molar-refractivity contribution in [2.45, 2.75) is 20.3 Å². The van der Waals surface area contributed by atoms with E-state index < -0.39 is 5.91 Å². The highest BCUT2D eigenvalue weighted by molar-refractivity contribution is 6.16. The monoisotopic (exact) mass is 396 g/mol. The lowest BCUT2D eigenvalue weighted by atomic mass is 10.0. The maximum atomic E-state index is 13.3. The highest BCUT2D eigenvalue weighted by atomic mass is 16.4. The Kier molecular flexibility index (Phi) is 7.08. The average Bonchev–Trinajstić information content (AvgIpc) is 2.73. The second kappa shape index (κ2) is 9.50. The molecule has 0 heterocycles. The molecule has 2 aromatic rings. The van der Waals surface area contributed by atoms with Crippen molar-refractivity contribution >= 4 is 34.6 Å². The summed E-state index contributed by atoms with van der Waals surface area (Å²) in [5.41, 5.74) is 2.54. The number of carbonyl (C=O) groups is 2. The molecule has 0 unspecified atom stereocenters. The highest BCUT2D eigenvalue weighted by Gasteiger charge is 2.26. The van der Waals surface area contributed by atoms with Gasteiger partial charge in [-0.2, -0.15) is 0 Å². The third-order valence-corrected chi connectivity index (χ3v) is 4.42. The number of para-hydroxylation sites is 2. The second-order valence-electron chi connectivity index (χ2n) is 6.60. The molecule has 0 aromatic heterocycles. The molecule has 2 aromatic carbocycles. The summed E-state index contributed by atoms with van der Waals surface area (Å²) in [4.78, 5) is 28.2. The number of anilines is 2. The minimum absolute atomic E-state index is 0.308. The van der Waals surface area contributed by atoms with Gasteiger partial charge in [0.05, 0.1) is 22.8 Å². The molecule has 0 saturated heterocycles. The summed E-state index contributed by atoms with van der Waals surface area (Å²) in [6, 6.07) is 13.8. The van der Waals surface area contributed by atoms with Crippen molar-refractivity contribution in [2.75, 3.05) is 19.0 Å². The fraction of sp³-hybridized carbons (Fsp3) is 0.238. The van der Waals surface area contributed by atoms with E-state index in [1.54, 1.807) is 76.5 Å². The van der Waals surface area contributed by atoms with Gasteiger partial charge in [-0.25, -0.2) is 0 Å². The number of nitrogens with zero attached hydrogens (tertiary/aromatic N) is 4. The molecular formula is C21H24N4O4. The number of rotatable bonds is 6. The van der Waals surface area contributed by atoms with Crippen LogP contribution in [-0.4, -0.2) is 52.6 Å². The van der Waals surface area contributed by atoms with Gasteiger partial charge in [0.15, 0.2) is 0 Å². The van der Waals surface area contributed by atoms with E-state index in [2.05, 4.69) is 10.3 Å². The zero-order valence-electron chi connectivity index (χ0n) is 16.8. The quantitative estimate of drug-likeness (QED) is 0.338. The molecule has 8 nitrogen and oxygen atoms in total. The summed E-state index contributed by atoms with van der Waals surface area (Å²) >= 11 is 0. The lowest BCUT2D eigenvalue weighted by molar-refractivity contribution is -0.133. The molecule has 0 aliphatic heterocycles. The molecule has 0 spiro atoms. The summed E-state index contributed by atoms with van der Waals surface area (Å²) in [5.74, 6) is -0.824. The molecule has 2 rings (SSSR count). The van der Waals surface area contributed by atoms with E-state index in [4.69, 9.17) is 0 Å². The van der Waals surface area contributed by atoms with Gasteiger partial charge in [-0.15, -0.1) is 0 Å². The predicted octanol–water partition coefficient (Wildman–Crippen LogP) is 3.23. The standard InChI is InChI=1S/C21H24N4O4/c1-14(22-28)16-9-5-7-11-18(16)25(21(27)13-20(26)24(3)4)19-12-8-6-10-17(19)15(2)23-29/h5-12,28-29H,13H2,1-4H3. The Labute approximate surface area is 169 Å². The molecular weight excluding hydrogens is 372 g/mol. The van der Waals surface area contributed by atoms with Crippen LogP contribution in [0.5, 0.6) is 0 Å². The van der Waals surface area contributed by atoms with Crippen LogP contribution in [0.4, 0.5) is 11.4 Å². The van der Waals surface area contributed by atoms with Crippen LogP contribution >= 0.6 is 0 Å². The van der Waals surface area contributed by atoms with Gasteiger partial charge in [0, 0.05) is 25.2 Å². The average molecular weight is 396 g/mol. The summed E-state index contributed by atoms with van der Waals surface area (Å²) in [7, 11) is 3.15. The van der Waals surface area contributed by atoms with Crippen LogP contribution in [0.1, 0.15) is 31.4 Å². The first-order valence-electron chi connectivity index (χ1n) is 8.91. The Bertz CT molecular complexity index is 905. The Balaban J connectivity index is 2.74. The first-order valence-corrected chi connectivity index (χ1v) is 8.91. The molecule has 0 saturated carbocycles. The van der Waals surface area contributed by atoms with Crippen molar-refractivity contribution in [3.05, 3.63) is 59.7 Å². The van der Waals surface area contributed by atoms with Crippen LogP contribution in [-0.2, 0) is 9.59 Å². The molecule has 0 aliphatic rings. The minimum Gasteiger partial charge on any atom is -0.411 e. The lowest BCUT2D eigenvalue weighted by Gasteiger charge is -2.27. The number of benzene rings is 2. The first-order chi connectivity index (χ1) is 13.8. The van der Waals surface area contributed by atoms with Gasteiger partial charge in [0.25, 0.3) is 0 Å². The molecule has 0 atom stereocenters. The van der Waals surface area contributed by atoms with E-state index in [1.807, 2.05) is 0 Å². The molecule has 0 bridgehead atoms. The highest BCUT2D eigenvalue weighted by Crippen LogP contribution is 2.33. The first kappa shape index (κ1) is 21.6. The Morgan fingerprint density at radius 2 is 1.21 bits per heavy atom. The van der Waals surface area contributed by atoms with Crippen LogP contribution in [0.15, 0.2) is 58.8 Å². The molecule has 0 radical (unpaired) electrons. The number of oxime groups is 2. The van der Waals surface area contributed by atoms with Crippen molar-refractivity contribution < 1.29 is 20.0 Å². The SMILES string of the molecule is CC(=NO)c1ccccc1N(C(=O)CC(=O)N(C)C)c1ccccc1C(C)=NO. The van der Waals surface area contributed by atoms with E-state index >= 15 is 0 Å². The van der Waals surface area contributed by atoms with Gasteiger partial charge in [-0.1, -0.05) is 46.7 Å². The van der Waals surface area contributed by atoms with E-state index in [0.717, 1.165) is 0 Å². The van der Waals surface area contributed by atoms with Gasteiger partial charge in [0.2, 0.25) is 11.8 Å². The van der Waals surface area contributed by atoms with Gasteiger partial charge < -0.3 is 15.3 Å². The Morgan fingerprint density at radius 1 is 0.793 bits per heavy atom. The maximum absolute atomic E-state index is 13.3. The normalized spacial score (nSPS) is 11.9. The van der Waals surface area contributed by atoms with Crippen LogP contribution in [0.25, 0.3) is 0 Å². The number of hydrogen-bond donors (Lipinski definition) is 2. The molecule has 152 valence electrons. The molecule has 29 heavy (non-hydrogen) atoms. The fourth-order valence-electron chi connectivity index (χ4n) is 2.82. The second-order valence-corrected chi connectivity index (χ2v) is 6.60. The van der Waals surface area contributed by atoms with Crippen molar-refractivity contribution in [3.63, 3.8) is 0 Å². The molecule has 2 N–H and O–H groups in total. The van der Waals surface area contributed by atoms with Crippen molar-refractivity contribution in [2.24, 2.45) is 10.3 Å². The van der Waals surface area contributed by atoms with Crippen molar-refractivity contribution in [1.29, 1.82) is 0 Å². The van der Waals surface area contributed by atoms with Crippen molar-refractivity contribution in [3.8, 4) is 0 Å². The zero-order chi connectivity index (χ0) is 21.6. The zero-order valence-corrected chi connectivity index (χ0v) is 16.8. The Hall–Kier alpha value is -3.68. The fourth-order valence-corrected chi connectivity index (χ4v) is 2.82. The summed E-state index contributed by atoms with van der Waals surface area (Å²) in [6.07, 6.45) is -0.361. The number of amides is 2. The minimum atomic E-state index is -0.472. The topological polar surface area (TPSA) is 106 Å². The third kappa shape index (κ3) is 4.78. The van der Waals surface area contributed by atoms with E-state index in [9.17, 15) is 20.0 Å². The molecule has 2 amide bonds. The molecule has 0 aliphatic carbocycles. The maximum Gasteiger partial charge on any atom is 0.241 e. The smallest absolute Gasteiger partial charge is 0.241 e. The van der Waals surface area contributed by atoms with Crippen LogP contribution in [0, 0.1) is 0 Å². The number of carbonyl (C=O) groups excluding carboxylic acids is 2. The van der Waals surface area contributed by atoms with Crippen LogP contribution in [0.3, 0.4) is 0 Å². The Morgan fingerprint density at radius 3 is 1.59 bits per heavy atom. The third-order valence-electron chi connectivity index (χ3n) is 4.42. The summed E-state index contributed by atoms with van der Waals surface area (Å²) in [5, 5.41) is 25.1. The predicted molar refractivity (Wildman–Crippen MR) is 111 cm³/mol. The van der Waals surface area contributed by atoms with Gasteiger partial charge in [0.1, 0.15) is 6.42 Å². The van der Waals surface area contributed by atoms with Crippen LogP contribution in [0.2, 0.25) is 0 Å². The largest absolute Gasteiger partial charge is 0.411 e. The van der Waals surface area contributed by atoms with Gasteiger partial charge in [-0.3, -0.25) is 14.5 Å². The summed E-state index contributed by atoms with van der Waals surface area (Å²) in [6.45, 7) is 3.22. The van der Waals surface area contributed by atoms with Gasteiger partial charge in [-0.05, 0) is 26.0 Å². The molecule has 0 fully saturated rings. The van der Waals surface area contributed by atoms with E-state index in [1.165, 1.54) is 9.80 Å². The summed E-state index contributed by atoms with van der Waals surface area (Å²) < 4.78 is 0. The number of hydrogen-bond acceptors (Lipinski definition) is 6. The van der Waals surface area contributed by atoms with Gasteiger partial charge >= 0.3 is 0 Å². The lowest BCUT2D eigenvalue weighted by Crippen LogP contribution is -2.34. The van der Waals surface area contributed by atoms with E-state index in [-0.39, 0.29) is 12.3 Å². The van der Waals surface area contributed by atoms with E-state index in [0.29, 0.717) is 33.9 Å². The van der Waals surface area contributed by atoms with Crippen molar-refractivity contribution in [1.82, 2.24) is 4.90 Å². The molecule has 8 heteroatoms.